The van der Waals surface area contributed by atoms with Gasteiger partial charge in [0, 0.05) is 25.7 Å². The summed E-state index contributed by atoms with van der Waals surface area (Å²) in [5, 5.41) is 10.9. The molecular weight excluding hydrogens is 268 g/mol. The number of nitro groups is 1. The summed E-state index contributed by atoms with van der Waals surface area (Å²) in [7, 11) is 0. The van der Waals surface area contributed by atoms with Gasteiger partial charge in [-0.05, 0) is 18.6 Å². The quantitative estimate of drug-likeness (QED) is 0.650. The largest absolute Gasteiger partial charge is 0.351 e. The molecule has 0 saturated carbocycles. The summed E-state index contributed by atoms with van der Waals surface area (Å²) < 4.78 is 0. The number of aryl methyl sites for hydroxylation is 1. The lowest BCUT2D eigenvalue weighted by Gasteiger charge is -2.23. The van der Waals surface area contributed by atoms with Crippen LogP contribution in [-0.4, -0.2) is 23.0 Å². The van der Waals surface area contributed by atoms with Crippen LogP contribution < -0.4 is 10.6 Å². The number of pyridine rings is 1. The van der Waals surface area contributed by atoms with Gasteiger partial charge in [-0.15, -0.1) is 0 Å². The number of hydrogen-bond donors (Lipinski definition) is 1. The van der Waals surface area contributed by atoms with Crippen molar-refractivity contribution in [3.05, 3.63) is 63.8 Å². The third kappa shape index (κ3) is 3.76. The van der Waals surface area contributed by atoms with Crippen molar-refractivity contribution >= 4 is 11.5 Å². The topological polar surface area (TPSA) is 85.3 Å². The maximum atomic E-state index is 10.9. The Morgan fingerprint density at radius 3 is 2.52 bits per heavy atom. The summed E-state index contributed by atoms with van der Waals surface area (Å²) in [6, 6.07) is 13.1. The molecule has 0 radical (unpaired) electrons. The van der Waals surface area contributed by atoms with Crippen LogP contribution in [-0.2, 0) is 6.54 Å². The minimum atomic E-state index is -0.420. The fourth-order valence-corrected chi connectivity index (χ4v) is 2.14. The first-order valence-corrected chi connectivity index (χ1v) is 6.73. The summed E-state index contributed by atoms with van der Waals surface area (Å²) in [5.74, 6) is 0.701. The Balaban J connectivity index is 2.26. The summed E-state index contributed by atoms with van der Waals surface area (Å²) in [6.45, 7) is 3.44. The van der Waals surface area contributed by atoms with Gasteiger partial charge >= 0.3 is 0 Å². The van der Waals surface area contributed by atoms with Gasteiger partial charge in [0.25, 0.3) is 5.69 Å². The highest BCUT2D eigenvalue weighted by Crippen LogP contribution is 2.21. The van der Waals surface area contributed by atoms with E-state index in [2.05, 4.69) is 4.98 Å². The van der Waals surface area contributed by atoms with Crippen LogP contribution in [0.25, 0.3) is 0 Å². The van der Waals surface area contributed by atoms with E-state index < -0.39 is 4.92 Å². The molecular formula is C15H18N4O2. The van der Waals surface area contributed by atoms with Crippen LogP contribution in [0.1, 0.15) is 11.3 Å². The predicted octanol–water partition coefficient (Wildman–Crippen LogP) is 2.26. The molecule has 0 aliphatic rings. The molecule has 0 aliphatic carbocycles. The number of anilines is 1. The Hall–Kier alpha value is -2.47. The smallest absolute Gasteiger partial charge is 0.290 e. The van der Waals surface area contributed by atoms with Crippen LogP contribution in [0.2, 0.25) is 0 Å². The van der Waals surface area contributed by atoms with E-state index in [1.165, 1.54) is 6.07 Å². The number of nitrogens with two attached hydrogens (primary N) is 1. The molecule has 0 bridgehead atoms. The standard InChI is InChI=1S/C15H18N4O2/c1-12-14(19(20)21)7-8-15(17-12)18(10-9-16)11-13-5-3-2-4-6-13/h2-8H,9-11,16H2,1H3. The Morgan fingerprint density at radius 1 is 1.24 bits per heavy atom. The molecule has 0 aliphatic heterocycles. The maximum absolute atomic E-state index is 10.9. The van der Waals surface area contributed by atoms with Crippen LogP contribution in [0.3, 0.4) is 0 Å². The SMILES string of the molecule is Cc1nc(N(CCN)Cc2ccccc2)ccc1[N+](=O)[O-]. The Labute approximate surface area is 123 Å². The molecule has 0 spiro atoms. The van der Waals surface area contributed by atoms with Crippen LogP contribution in [0.15, 0.2) is 42.5 Å². The van der Waals surface area contributed by atoms with Crippen molar-refractivity contribution in [2.24, 2.45) is 5.73 Å². The molecule has 0 unspecified atom stereocenters. The molecule has 2 aromatic rings. The van der Waals surface area contributed by atoms with Gasteiger partial charge in [-0.25, -0.2) is 4.98 Å². The first-order chi connectivity index (χ1) is 10.1. The van der Waals surface area contributed by atoms with E-state index in [9.17, 15) is 10.1 Å². The molecule has 0 atom stereocenters. The number of benzene rings is 1. The number of rotatable bonds is 6. The average Bonchev–Trinajstić information content (AvgIpc) is 2.47. The zero-order valence-electron chi connectivity index (χ0n) is 11.9. The number of nitrogens with zero attached hydrogens (tertiary/aromatic N) is 3. The van der Waals surface area contributed by atoms with Gasteiger partial charge in [0.2, 0.25) is 0 Å². The second-order valence-electron chi connectivity index (χ2n) is 4.73. The van der Waals surface area contributed by atoms with Crippen molar-refractivity contribution in [1.82, 2.24) is 4.98 Å². The monoisotopic (exact) mass is 286 g/mol. The van der Waals surface area contributed by atoms with E-state index in [-0.39, 0.29) is 5.69 Å². The summed E-state index contributed by atoms with van der Waals surface area (Å²) >= 11 is 0. The molecule has 2 N–H and O–H groups in total. The number of aromatic nitrogens is 1. The van der Waals surface area contributed by atoms with Gasteiger partial charge in [-0.1, -0.05) is 30.3 Å². The van der Waals surface area contributed by atoms with E-state index in [1.54, 1.807) is 13.0 Å². The highest BCUT2D eigenvalue weighted by Gasteiger charge is 2.15. The van der Waals surface area contributed by atoms with Crippen molar-refractivity contribution in [2.75, 3.05) is 18.0 Å². The predicted molar refractivity (Wildman–Crippen MR) is 82.2 cm³/mol. The first-order valence-electron chi connectivity index (χ1n) is 6.73. The van der Waals surface area contributed by atoms with Gasteiger partial charge in [0.1, 0.15) is 11.5 Å². The summed E-state index contributed by atoms with van der Waals surface area (Å²) in [4.78, 5) is 16.8. The highest BCUT2D eigenvalue weighted by molar-refractivity contribution is 5.47. The summed E-state index contributed by atoms with van der Waals surface area (Å²) in [6.07, 6.45) is 0. The van der Waals surface area contributed by atoms with Crippen LogP contribution in [0.4, 0.5) is 11.5 Å². The minimum Gasteiger partial charge on any atom is -0.351 e. The second-order valence-corrected chi connectivity index (χ2v) is 4.73. The van der Waals surface area contributed by atoms with Gasteiger partial charge in [0.15, 0.2) is 0 Å². The Kier molecular flexibility index (Phi) is 4.84. The third-order valence-electron chi connectivity index (χ3n) is 3.18. The zero-order valence-corrected chi connectivity index (χ0v) is 11.9. The molecule has 6 heteroatoms. The molecule has 1 aromatic heterocycles. The lowest BCUT2D eigenvalue weighted by atomic mass is 10.2. The van der Waals surface area contributed by atoms with E-state index in [1.807, 2.05) is 35.2 Å². The molecule has 2 rings (SSSR count). The van der Waals surface area contributed by atoms with E-state index in [0.717, 1.165) is 5.56 Å². The van der Waals surface area contributed by atoms with Crippen molar-refractivity contribution in [1.29, 1.82) is 0 Å². The molecule has 1 aromatic carbocycles. The third-order valence-corrected chi connectivity index (χ3v) is 3.18. The minimum absolute atomic E-state index is 0.0335. The van der Waals surface area contributed by atoms with E-state index >= 15 is 0 Å². The van der Waals surface area contributed by atoms with Crippen molar-refractivity contribution < 1.29 is 4.92 Å². The van der Waals surface area contributed by atoms with Gasteiger partial charge in [0.05, 0.1) is 4.92 Å². The first kappa shape index (κ1) is 14.9. The van der Waals surface area contributed by atoms with Crippen LogP contribution in [0.5, 0.6) is 0 Å². The van der Waals surface area contributed by atoms with Gasteiger partial charge in [-0.3, -0.25) is 10.1 Å². The van der Waals surface area contributed by atoms with Crippen molar-refractivity contribution in [3.63, 3.8) is 0 Å². The van der Waals surface area contributed by atoms with Crippen LogP contribution >= 0.6 is 0 Å². The maximum Gasteiger partial charge on any atom is 0.290 e. The van der Waals surface area contributed by atoms with Gasteiger partial charge < -0.3 is 10.6 Å². The summed E-state index contributed by atoms with van der Waals surface area (Å²) in [5.41, 5.74) is 7.24. The molecule has 6 nitrogen and oxygen atoms in total. The molecule has 21 heavy (non-hydrogen) atoms. The lowest BCUT2D eigenvalue weighted by Crippen LogP contribution is -2.29. The van der Waals surface area contributed by atoms with E-state index in [4.69, 9.17) is 5.73 Å². The zero-order chi connectivity index (χ0) is 15.2. The molecule has 1 heterocycles. The number of hydrogen-bond acceptors (Lipinski definition) is 5. The van der Waals surface area contributed by atoms with Gasteiger partial charge in [-0.2, -0.15) is 0 Å². The lowest BCUT2D eigenvalue weighted by molar-refractivity contribution is -0.385. The van der Waals surface area contributed by atoms with Crippen molar-refractivity contribution in [3.8, 4) is 0 Å². The molecule has 0 fully saturated rings. The Bertz CT molecular complexity index is 616. The Morgan fingerprint density at radius 2 is 1.95 bits per heavy atom. The molecule has 0 amide bonds. The highest BCUT2D eigenvalue weighted by atomic mass is 16.6. The van der Waals surface area contributed by atoms with E-state index in [0.29, 0.717) is 31.1 Å². The second kappa shape index (κ2) is 6.81. The molecule has 110 valence electrons. The average molecular weight is 286 g/mol. The fourth-order valence-electron chi connectivity index (χ4n) is 2.14. The normalized spacial score (nSPS) is 10.4. The van der Waals surface area contributed by atoms with Crippen LogP contribution in [0, 0.1) is 17.0 Å². The van der Waals surface area contributed by atoms with Crippen molar-refractivity contribution in [2.45, 2.75) is 13.5 Å². The molecule has 0 saturated heterocycles. The fraction of sp³-hybridized carbons (Fsp3) is 0.267.